The number of benzene rings is 1. The molecule has 0 aliphatic carbocycles. The maximum absolute atomic E-state index is 10.4. The standard InChI is InChI=1S/C12H14N2O4/c1-7-14-10-3-2-8(4-11(10)18-7)13-6-9(15)5-12(16)17/h2-4,9,13,15H,5-6H2,1H3,(H,16,17). The Morgan fingerprint density at radius 2 is 2.33 bits per heavy atom. The molecule has 18 heavy (non-hydrogen) atoms. The predicted molar refractivity (Wildman–Crippen MR) is 65.5 cm³/mol. The van der Waals surface area contributed by atoms with E-state index in [1.165, 1.54) is 0 Å². The minimum absolute atomic E-state index is 0.172. The molecule has 0 spiro atoms. The van der Waals surface area contributed by atoms with Gasteiger partial charge in [0, 0.05) is 25.2 Å². The number of nitrogens with zero attached hydrogens (tertiary/aromatic N) is 1. The Morgan fingerprint density at radius 1 is 1.56 bits per heavy atom. The zero-order chi connectivity index (χ0) is 13.1. The lowest BCUT2D eigenvalue weighted by molar-refractivity contribution is -0.138. The normalized spacial score (nSPS) is 12.6. The van der Waals surface area contributed by atoms with Crippen LogP contribution in [0.1, 0.15) is 12.3 Å². The Hall–Kier alpha value is -2.08. The molecule has 2 aromatic rings. The Kier molecular flexibility index (Phi) is 3.47. The lowest BCUT2D eigenvalue weighted by atomic mass is 10.2. The largest absolute Gasteiger partial charge is 0.481 e. The summed E-state index contributed by atoms with van der Waals surface area (Å²) in [5.74, 6) is -0.432. The zero-order valence-corrected chi connectivity index (χ0v) is 9.88. The molecule has 0 saturated carbocycles. The number of fused-ring (bicyclic) bond motifs is 1. The molecular formula is C12H14N2O4. The summed E-state index contributed by atoms with van der Waals surface area (Å²) in [6.45, 7) is 1.94. The number of hydrogen-bond donors (Lipinski definition) is 3. The number of aliphatic hydroxyl groups excluding tert-OH is 1. The monoisotopic (exact) mass is 250 g/mol. The summed E-state index contributed by atoms with van der Waals surface area (Å²) < 4.78 is 5.37. The topological polar surface area (TPSA) is 95.6 Å². The second-order valence-corrected chi connectivity index (χ2v) is 4.05. The van der Waals surface area contributed by atoms with Gasteiger partial charge >= 0.3 is 5.97 Å². The molecule has 6 heteroatoms. The highest BCUT2D eigenvalue weighted by atomic mass is 16.4. The van der Waals surface area contributed by atoms with E-state index in [-0.39, 0.29) is 13.0 Å². The predicted octanol–water partition coefficient (Wildman–Crippen LogP) is 1.38. The van der Waals surface area contributed by atoms with E-state index in [9.17, 15) is 9.90 Å². The third-order valence-corrected chi connectivity index (χ3v) is 2.45. The second-order valence-electron chi connectivity index (χ2n) is 4.05. The highest BCUT2D eigenvalue weighted by Gasteiger charge is 2.09. The van der Waals surface area contributed by atoms with Crippen molar-refractivity contribution in [3.63, 3.8) is 0 Å². The molecule has 2 rings (SSSR count). The van der Waals surface area contributed by atoms with E-state index >= 15 is 0 Å². The van der Waals surface area contributed by atoms with Gasteiger partial charge in [-0.25, -0.2) is 4.98 Å². The molecule has 0 aliphatic heterocycles. The van der Waals surface area contributed by atoms with Crippen LogP contribution < -0.4 is 5.32 Å². The molecule has 0 saturated heterocycles. The van der Waals surface area contributed by atoms with Crippen molar-refractivity contribution in [1.29, 1.82) is 0 Å². The Labute approximate surface area is 103 Å². The summed E-state index contributed by atoms with van der Waals surface area (Å²) >= 11 is 0. The summed E-state index contributed by atoms with van der Waals surface area (Å²) in [5, 5.41) is 20.9. The Balaban J connectivity index is 2.01. The molecule has 6 nitrogen and oxygen atoms in total. The first-order chi connectivity index (χ1) is 8.54. The molecule has 0 bridgehead atoms. The number of aliphatic hydroxyl groups is 1. The number of rotatable bonds is 5. The number of aryl methyl sites for hydroxylation is 1. The molecule has 96 valence electrons. The molecule has 1 unspecified atom stereocenters. The van der Waals surface area contributed by atoms with E-state index in [4.69, 9.17) is 9.52 Å². The van der Waals surface area contributed by atoms with Crippen molar-refractivity contribution in [1.82, 2.24) is 4.98 Å². The lowest BCUT2D eigenvalue weighted by Gasteiger charge is -2.10. The average Bonchev–Trinajstić information content (AvgIpc) is 2.64. The summed E-state index contributed by atoms with van der Waals surface area (Å²) in [7, 11) is 0. The lowest BCUT2D eigenvalue weighted by Crippen LogP contribution is -2.22. The van der Waals surface area contributed by atoms with Gasteiger partial charge in [-0.05, 0) is 12.1 Å². The van der Waals surface area contributed by atoms with Crippen LogP contribution in [0.15, 0.2) is 22.6 Å². The van der Waals surface area contributed by atoms with Crippen LogP contribution in [-0.2, 0) is 4.79 Å². The summed E-state index contributed by atoms with van der Waals surface area (Å²) in [5.41, 5.74) is 2.18. The number of carboxylic acid groups (broad SMARTS) is 1. The second kappa shape index (κ2) is 5.05. The van der Waals surface area contributed by atoms with Crippen LogP contribution in [0.2, 0.25) is 0 Å². The highest BCUT2D eigenvalue weighted by molar-refractivity contribution is 5.77. The highest BCUT2D eigenvalue weighted by Crippen LogP contribution is 2.19. The number of aliphatic carboxylic acids is 1. The third kappa shape index (κ3) is 2.98. The molecule has 0 radical (unpaired) electrons. The molecule has 0 aliphatic rings. The Bertz CT molecular complexity index is 564. The number of anilines is 1. The van der Waals surface area contributed by atoms with E-state index in [1.807, 2.05) is 0 Å². The molecule has 3 N–H and O–H groups in total. The van der Waals surface area contributed by atoms with E-state index < -0.39 is 12.1 Å². The summed E-state index contributed by atoms with van der Waals surface area (Å²) in [6.07, 6.45) is -1.20. The van der Waals surface area contributed by atoms with Crippen molar-refractivity contribution in [2.45, 2.75) is 19.4 Å². The molecule has 1 heterocycles. The van der Waals surface area contributed by atoms with Gasteiger partial charge in [0.05, 0.1) is 12.5 Å². The molecular weight excluding hydrogens is 236 g/mol. The molecule has 1 aromatic carbocycles. The van der Waals surface area contributed by atoms with Crippen LogP contribution >= 0.6 is 0 Å². The van der Waals surface area contributed by atoms with E-state index in [0.717, 1.165) is 11.2 Å². The van der Waals surface area contributed by atoms with Gasteiger partial charge in [-0.1, -0.05) is 0 Å². The van der Waals surface area contributed by atoms with E-state index in [2.05, 4.69) is 10.3 Å². The van der Waals surface area contributed by atoms with Gasteiger partial charge in [0.15, 0.2) is 11.5 Å². The van der Waals surface area contributed by atoms with E-state index in [0.29, 0.717) is 11.5 Å². The van der Waals surface area contributed by atoms with Crippen LogP contribution in [0.25, 0.3) is 11.1 Å². The van der Waals surface area contributed by atoms with Crippen LogP contribution in [-0.4, -0.2) is 33.8 Å². The maximum atomic E-state index is 10.4. The van der Waals surface area contributed by atoms with Gasteiger partial charge in [0.2, 0.25) is 0 Å². The van der Waals surface area contributed by atoms with Gasteiger partial charge in [-0.3, -0.25) is 4.79 Å². The molecule has 1 atom stereocenters. The number of nitrogens with one attached hydrogen (secondary N) is 1. The van der Waals surface area contributed by atoms with Gasteiger partial charge in [0.25, 0.3) is 0 Å². The number of hydrogen-bond acceptors (Lipinski definition) is 5. The van der Waals surface area contributed by atoms with Crippen molar-refractivity contribution in [3.8, 4) is 0 Å². The maximum Gasteiger partial charge on any atom is 0.306 e. The minimum Gasteiger partial charge on any atom is -0.481 e. The average molecular weight is 250 g/mol. The number of carbonyl (C=O) groups is 1. The third-order valence-electron chi connectivity index (χ3n) is 2.45. The van der Waals surface area contributed by atoms with Gasteiger partial charge in [-0.15, -0.1) is 0 Å². The quantitative estimate of drug-likeness (QED) is 0.742. The first-order valence-electron chi connectivity index (χ1n) is 5.55. The zero-order valence-electron chi connectivity index (χ0n) is 9.88. The van der Waals surface area contributed by atoms with Crippen LogP contribution in [0, 0.1) is 6.92 Å². The van der Waals surface area contributed by atoms with Crippen molar-refractivity contribution in [2.75, 3.05) is 11.9 Å². The fourth-order valence-electron chi connectivity index (χ4n) is 1.66. The van der Waals surface area contributed by atoms with Crippen LogP contribution in [0.3, 0.4) is 0 Å². The molecule has 1 aromatic heterocycles. The number of aromatic nitrogens is 1. The van der Waals surface area contributed by atoms with Gasteiger partial charge in [-0.2, -0.15) is 0 Å². The molecule has 0 amide bonds. The first-order valence-corrected chi connectivity index (χ1v) is 5.55. The minimum atomic E-state index is -1.02. The van der Waals surface area contributed by atoms with Crippen LogP contribution in [0.5, 0.6) is 0 Å². The fraction of sp³-hybridized carbons (Fsp3) is 0.333. The number of oxazole rings is 1. The van der Waals surface area contributed by atoms with Crippen LogP contribution in [0.4, 0.5) is 5.69 Å². The van der Waals surface area contributed by atoms with Gasteiger partial charge in [0.1, 0.15) is 5.52 Å². The number of carboxylic acids is 1. The molecule has 0 fully saturated rings. The summed E-state index contributed by atoms with van der Waals surface area (Å²) in [4.78, 5) is 14.6. The Morgan fingerprint density at radius 3 is 3.06 bits per heavy atom. The van der Waals surface area contributed by atoms with Crippen molar-refractivity contribution >= 4 is 22.8 Å². The van der Waals surface area contributed by atoms with E-state index in [1.54, 1.807) is 25.1 Å². The fourth-order valence-corrected chi connectivity index (χ4v) is 1.66. The van der Waals surface area contributed by atoms with Crippen molar-refractivity contribution in [3.05, 3.63) is 24.1 Å². The SMILES string of the molecule is Cc1nc2ccc(NCC(O)CC(=O)O)cc2o1. The summed E-state index contributed by atoms with van der Waals surface area (Å²) in [6, 6.07) is 5.37. The van der Waals surface area contributed by atoms with Gasteiger partial charge < -0.3 is 19.9 Å². The van der Waals surface area contributed by atoms with Crippen molar-refractivity contribution < 1.29 is 19.4 Å². The van der Waals surface area contributed by atoms with Crippen molar-refractivity contribution in [2.24, 2.45) is 0 Å². The first kappa shape index (κ1) is 12.4. The smallest absolute Gasteiger partial charge is 0.306 e.